The maximum Gasteiger partial charge on any atom is 0.349 e. The third-order valence-electron chi connectivity index (χ3n) is 6.05. The molecule has 5 N–H and O–H groups in total. The molecule has 0 spiro atoms. The number of benzene rings is 2. The van der Waals surface area contributed by atoms with Crippen LogP contribution in [0.3, 0.4) is 0 Å². The Bertz CT molecular complexity index is 1660. The lowest BCUT2D eigenvalue weighted by molar-refractivity contribution is -0.463. The number of amides is 3. The van der Waals surface area contributed by atoms with E-state index in [1.54, 1.807) is 68.6 Å². The summed E-state index contributed by atoms with van der Waals surface area (Å²) in [6.45, 7) is 4.00. The molecule has 0 aliphatic rings. The number of anilines is 2. The van der Waals surface area contributed by atoms with Gasteiger partial charge in [-0.3, -0.25) is 14.4 Å². The van der Waals surface area contributed by atoms with Gasteiger partial charge in [-0.2, -0.15) is 4.74 Å². The first-order valence-corrected chi connectivity index (χ1v) is 13.2. The van der Waals surface area contributed by atoms with Gasteiger partial charge in [-0.25, -0.2) is 15.1 Å². The summed E-state index contributed by atoms with van der Waals surface area (Å²) in [7, 11) is 3.07. The quantitative estimate of drug-likeness (QED) is 0.177. The van der Waals surface area contributed by atoms with E-state index in [2.05, 4.69) is 36.9 Å². The minimum absolute atomic E-state index is 0.0138. The van der Waals surface area contributed by atoms with Crippen LogP contribution < -0.4 is 26.8 Å². The second-order valence-corrected chi connectivity index (χ2v) is 9.63. The smallest absolute Gasteiger partial charge is 0.349 e. The molecule has 4 rings (SSSR count). The Kier molecular flexibility index (Phi) is 8.61. The van der Waals surface area contributed by atoms with Gasteiger partial charge < -0.3 is 20.5 Å². The van der Waals surface area contributed by atoms with Crippen molar-refractivity contribution in [3.63, 3.8) is 0 Å². The van der Waals surface area contributed by atoms with E-state index in [9.17, 15) is 19.2 Å². The molecule has 0 saturated carbocycles. The molecule has 206 valence electrons. The van der Waals surface area contributed by atoms with Gasteiger partial charge in [-0.05, 0) is 71.7 Å². The molecule has 0 atom stereocenters. The number of carbonyl (C=O) groups is 3. The minimum Gasteiger partial charge on any atom is -0.383 e. The highest BCUT2D eigenvalue weighted by Crippen LogP contribution is 2.25. The number of aryl methyl sites for hydroxylation is 2. The Morgan fingerprint density at radius 1 is 1.07 bits per heavy atom. The van der Waals surface area contributed by atoms with E-state index in [4.69, 9.17) is 4.52 Å². The number of nitrogens with one attached hydrogen (secondary N) is 3. The van der Waals surface area contributed by atoms with E-state index in [-0.39, 0.29) is 34.3 Å². The average molecular weight is 608 g/mol. The van der Waals surface area contributed by atoms with Crippen LogP contribution in [-0.4, -0.2) is 41.0 Å². The number of hydrogen-bond acceptors (Lipinski definition) is 7. The number of quaternary nitrogens is 1. The van der Waals surface area contributed by atoms with Crippen LogP contribution in [0.4, 0.5) is 17.1 Å². The lowest BCUT2D eigenvalue weighted by Crippen LogP contribution is -2.82. The third kappa shape index (κ3) is 6.03. The summed E-state index contributed by atoms with van der Waals surface area (Å²) in [5, 5.41) is 9.84. The van der Waals surface area contributed by atoms with Crippen LogP contribution in [0.25, 0.3) is 11.1 Å². The molecule has 0 unspecified atom stereocenters. The maximum atomic E-state index is 13.4. The summed E-state index contributed by atoms with van der Waals surface area (Å²) < 4.78 is 6.84. The van der Waals surface area contributed by atoms with Crippen molar-refractivity contribution in [1.29, 1.82) is 0 Å². The Morgan fingerprint density at radius 2 is 1.80 bits per heavy atom. The van der Waals surface area contributed by atoms with Crippen LogP contribution in [0.2, 0.25) is 0 Å². The molecule has 3 amide bonds. The SMILES string of the molecule is CCNc1c(C(=O)[NH2+]c2ccc(-c3c(C)on(C)c3=O)cc2)cc(Br)nc1C(=O)Nc1cccc(C(=O)NC)c1. The Labute approximate surface area is 238 Å². The van der Waals surface area contributed by atoms with Crippen molar-refractivity contribution in [3.8, 4) is 11.1 Å². The van der Waals surface area contributed by atoms with Crippen molar-refractivity contribution < 1.29 is 24.2 Å². The standard InChI is InChI=1S/C28H27BrN6O5/c1-5-31-23-20(26(37)32-18-11-9-16(10-12-18)22-15(2)40-35(4)28(22)39)14-21(29)34-24(23)27(38)33-19-8-6-7-17(13-19)25(36)30-3/h6-14,31H,5H2,1-4H3,(H,30,36)(H,32,37)(H,33,38)/p+1. The number of hydrogen-bond donors (Lipinski definition) is 4. The number of rotatable bonds is 8. The number of carbonyl (C=O) groups excluding carboxylic acids is 3. The molecule has 11 nitrogen and oxygen atoms in total. The first-order chi connectivity index (χ1) is 19.1. The minimum atomic E-state index is -0.554. The number of aromatic nitrogens is 2. The summed E-state index contributed by atoms with van der Waals surface area (Å²) in [5.41, 5.74) is 2.83. The Morgan fingerprint density at radius 3 is 2.42 bits per heavy atom. The monoisotopic (exact) mass is 607 g/mol. The number of nitrogens with zero attached hydrogens (tertiary/aromatic N) is 2. The molecule has 12 heteroatoms. The Hall–Kier alpha value is -4.55. The van der Waals surface area contributed by atoms with Gasteiger partial charge in [0.25, 0.3) is 17.4 Å². The van der Waals surface area contributed by atoms with Gasteiger partial charge in [0.15, 0.2) is 5.69 Å². The molecule has 0 fully saturated rings. The number of nitrogens with two attached hydrogens (primary N) is 1. The molecular formula is C28H28BrN6O5+. The summed E-state index contributed by atoms with van der Waals surface area (Å²) in [5.74, 6) is -0.688. The van der Waals surface area contributed by atoms with E-state index >= 15 is 0 Å². The lowest BCUT2D eigenvalue weighted by Gasteiger charge is -2.14. The van der Waals surface area contributed by atoms with Crippen LogP contribution in [0, 0.1) is 6.92 Å². The summed E-state index contributed by atoms with van der Waals surface area (Å²) >= 11 is 3.32. The van der Waals surface area contributed by atoms with Crippen LogP contribution in [-0.2, 0) is 7.05 Å². The van der Waals surface area contributed by atoms with Crippen LogP contribution in [0.5, 0.6) is 0 Å². The van der Waals surface area contributed by atoms with Crippen molar-refractivity contribution >= 4 is 50.7 Å². The average Bonchev–Trinajstić information content (AvgIpc) is 3.19. The number of pyridine rings is 1. The predicted molar refractivity (Wildman–Crippen MR) is 154 cm³/mol. The molecule has 2 heterocycles. The van der Waals surface area contributed by atoms with Crippen LogP contribution in [0.1, 0.15) is 43.9 Å². The fraction of sp³-hybridized carbons (Fsp3) is 0.179. The van der Waals surface area contributed by atoms with E-state index in [1.165, 1.54) is 17.1 Å². The third-order valence-corrected chi connectivity index (χ3v) is 6.46. The maximum absolute atomic E-state index is 13.4. The molecule has 0 bridgehead atoms. The zero-order valence-electron chi connectivity index (χ0n) is 22.3. The van der Waals surface area contributed by atoms with Crippen molar-refractivity contribution in [2.24, 2.45) is 7.05 Å². The number of halogens is 1. The van der Waals surface area contributed by atoms with Gasteiger partial charge in [-0.15, -0.1) is 0 Å². The fourth-order valence-corrected chi connectivity index (χ4v) is 4.61. The molecular weight excluding hydrogens is 580 g/mol. The molecule has 0 aliphatic heterocycles. The van der Waals surface area contributed by atoms with E-state index in [1.807, 2.05) is 6.92 Å². The van der Waals surface area contributed by atoms with Crippen molar-refractivity contribution in [1.82, 2.24) is 15.0 Å². The zero-order chi connectivity index (χ0) is 29.0. The van der Waals surface area contributed by atoms with Crippen molar-refractivity contribution in [3.05, 3.63) is 92.1 Å². The predicted octanol–water partition coefficient (Wildman–Crippen LogP) is 3.19. The highest BCUT2D eigenvalue weighted by atomic mass is 79.9. The molecule has 2 aromatic carbocycles. The van der Waals surface area contributed by atoms with Crippen molar-refractivity contribution in [2.75, 3.05) is 24.2 Å². The topological polar surface area (TPSA) is 152 Å². The van der Waals surface area contributed by atoms with Gasteiger partial charge in [0.1, 0.15) is 21.6 Å². The van der Waals surface area contributed by atoms with E-state index in [0.29, 0.717) is 45.0 Å². The van der Waals surface area contributed by atoms with Crippen molar-refractivity contribution in [2.45, 2.75) is 13.8 Å². The zero-order valence-corrected chi connectivity index (χ0v) is 23.9. The van der Waals surface area contributed by atoms with Crippen LogP contribution >= 0.6 is 15.9 Å². The second-order valence-electron chi connectivity index (χ2n) is 8.82. The van der Waals surface area contributed by atoms with Gasteiger partial charge in [0, 0.05) is 44.0 Å². The summed E-state index contributed by atoms with van der Waals surface area (Å²) in [4.78, 5) is 55.4. The molecule has 0 radical (unpaired) electrons. The van der Waals surface area contributed by atoms with Gasteiger partial charge >= 0.3 is 5.91 Å². The van der Waals surface area contributed by atoms with Gasteiger partial charge in [0.05, 0.1) is 11.3 Å². The fourth-order valence-electron chi connectivity index (χ4n) is 4.20. The molecule has 2 aromatic heterocycles. The lowest BCUT2D eigenvalue weighted by atomic mass is 10.1. The van der Waals surface area contributed by atoms with Gasteiger partial charge in [-0.1, -0.05) is 6.07 Å². The molecule has 0 aliphatic carbocycles. The normalized spacial score (nSPS) is 10.7. The van der Waals surface area contributed by atoms with E-state index < -0.39 is 5.91 Å². The van der Waals surface area contributed by atoms with Gasteiger partial charge in [0.2, 0.25) is 0 Å². The largest absolute Gasteiger partial charge is 0.383 e. The molecule has 4 aromatic rings. The molecule has 0 saturated heterocycles. The second kappa shape index (κ2) is 12.1. The number of primary amides is 1. The highest BCUT2D eigenvalue weighted by Gasteiger charge is 2.25. The van der Waals surface area contributed by atoms with E-state index in [0.717, 1.165) is 0 Å². The van der Waals surface area contributed by atoms with Crippen LogP contribution in [0.15, 0.2) is 68.5 Å². The first kappa shape index (κ1) is 28.5. The summed E-state index contributed by atoms with van der Waals surface area (Å²) in [6, 6.07) is 15.0. The Balaban J connectivity index is 1.61. The highest BCUT2D eigenvalue weighted by molar-refractivity contribution is 9.10. The first-order valence-electron chi connectivity index (χ1n) is 12.4. The molecule has 40 heavy (non-hydrogen) atoms. The summed E-state index contributed by atoms with van der Waals surface area (Å²) in [6.07, 6.45) is 0.